The second kappa shape index (κ2) is 16.5. The fourth-order valence-corrected chi connectivity index (χ4v) is 7.00. The lowest BCUT2D eigenvalue weighted by Crippen LogP contribution is -2.40. The molecule has 0 radical (unpaired) electrons. The van der Waals surface area contributed by atoms with Gasteiger partial charge in [0.25, 0.3) is 0 Å². The Morgan fingerprint density at radius 1 is 0.959 bits per heavy atom. The molecule has 1 fully saturated rings. The molecule has 1 aliphatic carbocycles. The van der Waals surface area contributed by atoms with Crippen molar-refractivity contribution in [3.63, 3.8) is 0 Å². The van der Waals surface area contributed by atoms with Gasteiger partial charge in [-0.15, -0.1) is 0 Å². The summed E-state index contributed by atoms with van der Waals surface area (Å²) in [6, 6.07) is 22.7. The molecule has 4 N–H and O–H groups in total. The van der Waals surface area contributed by atoms with Gasteiger partial charge in [-0.05, 0) is 84.2 Å². The quantitative estimate of drug-likeness (QED) is 0.0643. The molecule has 2 amide bonds. The van der Waals surface area contributed by atoms with Crippen molar-refractivity contribution in [3.8, 4) is 11.5 Å². The van der Waals surface area contributed by atoms with Crippen LogP contribution in [0.5, 0.6) is 11.5 Å². The number of nitrogens with zero attached hydrogens (tertiary/aromatic N) is 1. The van der Waals surface area contributed by atoms with Gasteiger partial charge in [0.2, 0.25) is 11.8 Å². The van der Waals surface area contributed by atoms with E-state index in [0.717, 1.165) is 11.1 Å². The second-order valence-corrected chi connectivity index (χ2v) is 12.6. The number of aliphatic hydroxyl groups excluding tert-OH is 2. The number of aliphatic carboxylic acids is 1. The van der Waals surface area contributed by atoms with E-state index in [1.165, 1.54) is 17.0 Å². The first-order valence-electron chi connectivity index (χ1n) is 16.7. The molecule has 2 aliphatic rings. The molecule has 0 bridgehead atoms. The maximum atomic E-state index is 14.2. The van der Waals surface area contributed by atoms with E-state index in [2.05, 4.69) is 0 Å². The van der Waals surface area contributed by atoms with Gasteiger partial charge in [-0.3, -0.25) is 19.3 Å². The highest BCUT2D eigenvalue weighted by atomic mass is 19.1. The predicted octanol–water partition coefficient (Wildman–Crippen LogP) is 5.85. The number of allylic oxidation sites excluding steroid dienone is 1. The molecular formula is C39H42FNO8. The van der Waals surface area contributed by atoms with Gasteiger partial charge in [-0.25, -0.2) is 4.39 Å². The van der Waals surface area contributed by atoms with Crippen LogP contribution in [0.2, 0.25) is 0 Å². The summed E-state index contributed by atoms with van der Waals surface area (Å²) in [6.45, 7) is -0.234. The fourth-order valence-electron chi connectivity index (χ4n) is 7.00. The number of benzene rings is 3. The van der Waals surface area contributed by atoms with E-state index in [1.807, 2.05) is 48.5 Å². The maximum absolute atomic E-state index is 14.2. The van der Waals surface area contributed by atoms with Crippen LogP contribution >= 0.6 is 0 Å². The molecule has 5 rings (SSSR count). The Labute approximate surface area is 285 Å². The molecule has 49 heavy (non-hydrogen) atoms. The van der Waals surface area contributed by atoms with Gasteiger partial charge < -0.3 is 25.2 Å². The van der Waals surface area contributed by atoms with Crippen LogP contribution in [0.15, 0.2) is 90.0 Å². The van der Waals surface area contributed by atoms with Gasteiger partial charge in [0.15, 0.2) is 11.6 Å². The molecule has 3 aromatic carbocycles. The van der Waals surface area contributed by atoms with Crippen LogP contribution in [-0.4, -0.2) is 69.0 Å². The molecule has 1 saturated heterocycles. The number of phenolic OH excluding ortho intramolecular Hbond substituents is 1. The van der Waals surface area contributed by atoms with Crippen LogP contribution in [0, 0.1) is 23.6 Å². The van der Waals surface area contributed by atoms with E-state index in [0.29, 0.717) is 48.1 Å². The average Bonchev–Trinajstić information content (AvgIpc) is 3.34. The number of fused-ring (bicyclic) bond motifs is 1. The smallest absolute Gasteiger partial charge is 0.303 e. The number of carbonyl (C=O) groups excluding carboxylic acids is 2. The largest absolute Gasteiger partial charge is 0.505 e. The van der Waals surface area contributed by atoms with E-state index >= 15 is 0 Å². The van der Waals surface area contributed by atoms with Gasteiger partial charge >= 0.3 is 5.97 Å². The Hall–Kier alpha value is -4.80. The van der Waals surface area contributed by atoms with Crippen LogP contribution in [0.3, 0.4) is 0 Å². The zero-order valence-electron chi connectivity index (χ0n) is 27.2. The number of hydrogen-bond donors (Lipinski definition) is 4. The first kappa shape index (κ1) is 35.5. The summed E-state index contributed by atoms with van der Waals surface area (Å²) in [6.07, 6.45) is 2.93. The van der Waals surface area contributed by atoms with Gasteiger partial charge in [-0.2, -0.15) is 0 Å². The van der Waals surface area contributed by atoms with Gasteiger partial charge in [0.05, 0.1) is 24.5 Å². The Balaban J connectivity index is 1.42. The number of rotatable bonds is 16. The number of likely N-dealkylation sites (tertiary alicyclic amines) is 1. The van der Waals surface area contributed by atoms with Crippen LogP contribution in [0.4, 0.5) is 4.39 Å². The number of imide groups is 1. The van der Waals surface area contributed by atoms with E-state index in [4.69, 9.17) is 9.84 Å². The Bertz CT molecular complexity index is 1690. The number of aliphatic hydroxyl groups is 2. The van der Waals surface area contributed by atoms with E-state index in [-0.39, 0.29) is 44.2 Å². The lowest BCUT2D eigenvalue weighted by atomic mass is 9.68. The zero-order chi connectivity index (χ0) is 34.9. The van der Waals surface area contributed by atoms with E-state index in [1.54, 1.807) is 24.3 Å². The summed E-state index contributed by atoms with van der Waals surface area (Å²) < 4.78 is 20.3. The van der Waals surface area contributed by atoms with Crippen molar-refractivity contribution >= 4 is 29.4 Å². The number of halogens is 1. The molecule has 258 valence electrons. The van der Waals surface area contributed by atoms with Crippen LogP contribution < -0.4 is 4.74 Å². The van der Waals surface area contributed by atoms with Crippen molar-refractivity contribution in [1.82, 2.24) is 4.90 Å². The Morgan fingerprint density at radius 2 is 1.67 bits per heavy atom. The third kappa shape index (κ3) is 8.63. The molecule has 4 atom stereocenters. The number of hydrogen-bond acceptors (Lipinski definition) is 7. The number of carboxylic acids is 1. The zero-order valence-corrected chi connectivity index (χ0v) is 27.2. The minimum absolute atomic E-state index is 0.0165. The highest BCUT2D eigenvalue weighted by molar-refractivity contribution is 6.05. The summed E-state index contributed by atoms with van der Waals surface area (Å²) in [4.78, 5) is 39.5. The molecule has 0 unspecified atom stereocenters. The monoisotopic (exact) mass is 671 g/mol. The molecule has 0 saturated carbocycles. The van der Waals surface area contributed by atoms with Crippen molar-refractivity contribution in [3.05, 3.63) is 107 Å². The fraction of sp³-hybridized carbons (Fsp3) is 0.359. The van der Waals surface area contributed by atoms with E-state index < -0.39 is 48.0 Å². The molecule has 3 aromatic rings. The first-order chi connectivity index (χ1) is 23.7. The number of aromatic hydroxyl groups is 1. The summed E-state index contributed by atoms with van der Waals surface area (Å²) in [5, 5.41) is 41.2. The summed E-state index contributed by atoms with van der Waals surface area (Å²) in [5.74, 6) is -4.58. The van der Waals surface area contributed by atoms with Crippen LogP contribution in [0.1, 0.15) is 56.1 Å². The van der Waals surface area contributed by atoms with Crippen molar-refractivity contribution in [2.24, 2.45) is 17.8 Å². The summed E-state index contributed by atoms with van der Waals surface area (Å²) >= 11 is 0. The van der Waals surface area contributed by atoms with Crippen LogP contribution in [-0.2, 0) is 14.4 Å². The average molecular weight is 672 g/mol. The summed E-state index contributed by atoms with van der Waals surface area (Å²) in [7, 11) is 0. The van der Waals surface area contributed by atoms with Gasteiger partial charge in [-0.1, -0.05) is 67.1 Å². The summed E-state index contributed by atoms with van der Waals surface area (Å²) in [5.41, 5.74) is 3.36. The Kier molecular flexibility index (Phi) is 12.0. The standard InChI is InChI=1S/C39H42FNO8/c40-32-21-25(15-17-33(32)43)20-27(26-10-4-1-5-11-26)16-18-34(44)36-28(24-49-29-12-6-2-7-13-29)22-30-37(31(36)23-42)39(48)41(38(30)47)19-9-3-8-14-35(45)46/h1-2,4-7,10-13,15,17,20-21,30-31,34,37,42-44H,3,8-9,14,16,18-19,22-24H2,(H,45,46)/b27-20-/t30-,31+,34-,37-/m1/s1. The second-order valence-electron chi connectivity index (χ2n) is 12.6. The number of carbonyl (C=O) groups is 3. The highest BCUT2D eigenvalue weighted by Crippen LogP contribution is 2.46. The number of phenols is 1. The number of para-hydroxylation sites is 1. The Morgan fingerprint density at radius 3 is 2.35 bits per heavy atom. The van der Waals surface area contributed by atoms with Crippen molar-refractivity contribution in [2.75, 3.05) is 19.8 Å². The minimum atomic E-state index is -1.09. The predicted molar refractivity (Wildman–Crippen MR) is 182 cm³/mol. The lowest BCUT2D eigenvalue weighted by molar-refractivity contribution is -0.141. The van der Waals surface area contributed by atoms with Crippen molar-refractivity contribution in [2.45, 2.75) is 51.0 Å². The molecule has 0 spiro atoms. The van der Waals surface area contributed by atoms with E-state index in [9.17, 15) is 34.1 Å². The molecule has 1 heterocycles. The number of amides is 2. The molecule has 1 aliphatic heterocycles. The SMILES string of the molecule is O=C(O)CCCCCN1C(=O)[C@@H]2[C@@H](CC(COc3ccccc3)=C([C@H](O)CC/C(=C/c3ccc(O)c(F)c3)c3ccccc3)[C@@H]2CO)C1=O. The third-order valence-corrected chi connectivity index (χ3v) is 9.40. The van der Waals surface area contributed by atoms with Gasteiger partial charge in [0.1, 0.15) is 12.4 Å². The molecular weight excluding hydrogens is 629 g/mol. The van der Waals surface area contributed by atoms with Crippen molar-refractivity contribution < 1.29 is 43.9 Å². The molecule has 9 nitrogen and oxygen atoms in total. The topological polar surface area (TPSA) is 145 Å². The number of carboxylic acid groups (broad SMARTS) is 1. The van der Waals surface area contributed by atoms with Gasteiger partial charge in [0, 0.05) is 18.9 Å². The third-order valence-electron chi connectivity index (χ3n) is 9.40. The normalized spacial score (nSPS) is 20.0. The minimum Gasteiger partial charge on any atom is -0.505 e. The number of ether oxygens (including phenoxy) is 1. The molecule has 10 heteroatoms. The molecule has 0 aromatic heterocycles. The van der Waals surface area contributed by atoms with Crippen LogP contribution in [0.25, 0.3) is 11.6 Å². The maximum Gasteiger partial charge on any atom is 0.303 e. The highest BCUT2D eigenvalue weighted by Gasteiger charge is 2.54. The number of unbranched alkanes of at least 4 members (excludes halogenated alkanes) is 2. The lowest BCUT2D eigenvalue weighted by Gasteiger charge is -2.36. The van der Waals surface area contributed by atoms with Crippen molar-refractivity contribution in [1.29, 1.82) is 0 Å². The first-order valence-corrected chi connectivity index (χ1v) is 16.7.